The predicted molar refractivity (Wildman–Crippen MR) is 120 cm³/mol. The summed E-state index contributed by atoms with van der Waals surface area (Å²) in [4.78, 5) is 26.4. The first-order valence-electron chi connectivity index (χ1n) is 11.0. The maximum atomic E-state index is 12.5. The second-order valence-electron chi connectivity index (χ2n) is 8.22. The van der Waals surface area contributed by atoms with Crippen molar-refractivity contribution in [2.45, 2.75) is 47.0 Å². The molecule has 0 aliphatic carbocycles. The topological polar surface area (TPSA) is 58.6 Å². The molecule has 0 radical (unpaired) electrons. The lowest BCUT2D eigenvalue weighted by Crippen LogP contribution is -2.38. The number of methoxy groups -OCH3 is 1. The maximum Gasteiger partial charge on any atom is 0.225 e. The molecule has 1 aromatic carbocycles. The molecule has 1 aliphatic rings. The Bertz CT molecular complexity index is 864. The number of rotatable bonds is 6. The zero-order valence-corrected chi connectivity index (χ0v) is 18.9. The Morgan fingerprint density at radius 2 is 1.83 bits per heavy atom. The van der Waals surface area contributed by atoms with Gasteiger partial charge in [0.15, 0.2) is 0 Å². The largest absolute Gasteiger partial charge is 0.497 e. The Kier molecular flexibility index (Phi) is 7.29. The number of amides is 1. The van der Waals surface area contributed by atoms with E-state index in [4.69, 9.17) is 14.7 Å². The summed E-state index contributed by atoms with van der Waals surface area (Å²) >= 11 is 0. The van der Waals surface area contributed by atoms with E-state index in [0.29, 0.717) is 0 Å². The zero-order chi connectivity index (χ0) is 21.7. The summed E-state index contributed by atoms with van der Waals surface area (Å²) in [5.74, 6) is 2.96. The zero-order valence-electron chi connectivity index (χ0n) is 18.9. The van der Waals surface area contributed by atoms with Crippen molar-refractivity contribution < 1.29 is 9.53 Å². The van der Waals surface area contributed by atoms with Gasteiger partial charge in [-0.05, 0) is 37.5 Å². The van der Waals surface area contributed by atoms with Crippen LogP contribution >= 0.6 is 0 Å². The smallest absolute Gasteiger partial charge is 0.225 e. The van der Waals surface area contributed by atoms with E-state index < -0.39 is 0 Å². The minimum Gasteiger partial charge on any atom is -0.497 e. The monoisotopic (exact) mass is 410 g/mol. The van der Waals surface area contributed by atoms with Gasteiger partial charge in [0.05, 0.1) is 7.11 Å². The lowest BCUT2D eigenvalue weighted by atomic mass is 10.0. The summed E-state index contributed by atoms with van der Waals surface area (Å²) in [7, 11) is 1.68. The van der Waals surface area contributed by atoms with Crippen LogP contribution in [0.15, 0.2) is 24.3 Å². The molecule has 162 valence electrons. The van der Waals surface area contributed by atoms with E-state index in [2.05, 4.69) is 24.0 Å². The Morgan fingerprint density at radius 3 is 2.47 bits per heavy atom. The van der Waals surface area contributed by atoms with Gasteiger partial charge in [-0.25, -0.2) is 9.97 Å². The summed E-state index contributed by atoms with van der Waals surface area (Å²) in [6.07, 6.45) is 2.60. The van der Waals surface area contributed by atoms with Crippen molar-refractivity contribution in [3.05, 3.63) is 46.9 Å². The normalized spacial score (nSPS) is 14.7. The molecule has 6 heteroatoms. The maximum absolute atomic E-state index is 12.5. The van der Waals surface area contributed by atoms with E-state index in [-0.39, 0.29) is 11.8 Å². The molecule has 2 heterocycles. The lowest BCUT2D eigenvalue weighted by Gasteiger charge is -2.26. The van der Waals surface area contributed by atoms with Crippen LogP contribution in [0.3, 0.4) is 0 Å². The van der Waals surface area contributed by atoms with Crippen molar-refractivity contribution >= 4 is 11.7 Å². The Morgan fingerprint density at radius 1 is 1.10 bits per heavy atom. The van der Waals surface area contributed by atoms with Crippen LogP contribution in [0, 0.1) is 12.8 Å². The number of hydrogen-bond donors (Lipinski definition) is 0. The van der Waals surface area contributed by atoms with Crippen LogP contribution in [0.4, 0.5) is 5.82 Å². The summed E-state index contributed by atoms with van der Waals surface area (Å²) in [6.45, 7) is 11.3. The molecule has 2 aromatic rings. The van der Waals surface area contributed by atoms with Crippen LogP contribution in [-0.4, -0.2) is 54.1 Å². The highest BCUT2D eigenvalue weighted by Gasteiger charge is 2.24. The Labute approximate surface area is 180 Å². The summed E-state index contributed by atoms with van der Waals surface area (Å²) in [6, 6.07) is 8.20. The number of aromatic nitrogens is 2. The van der Waals surface area contributed by atoms with Crippen LogP contribution in [0.1, 0.15) is 49.8 Å². The van der Waals surface area contributed by atoms with Gasteiger partial charge in [-0.2, -0.15) is 0 Å². The van der Waals surface area contributed by atoms with Crippen molar-refractivity contribution in [2.24, 2.45) is 5.92 Å². The van der Waals surface area contributed by atoms with Crippen LogP contribution in [0.25, 0.3) is 0 Å². The van der Waals surface area contributed by atoms with E-state index in [9.17, 15) is 4.79 Å². The van der Waals surface area contributed by atoms with Gasteiger partial charge in [0.1, 0.15) is 17.4 Å². The molecule has 30 heavy (non-hydrogen) atoms. The molecule has 1 fully saturated rings. The van der Waals surface area contributed by atoms with Crippen LogP contribution in [0.5, 0.6) is 5.75 Å². The highest BCUT2D eigenvalue weighted by atomic mass is 16.5. The SMILES string of the molecule is CCc1nc(C)nc(N2CCCN(C(=O)C(C)C)CC2)c1Cc1ccc(OC)cc1. The van der Waals surface area contributed by atoms with Gasteiger partial charge in [-0.1, -0.05) is 32.9 Å². The molecule has 0 spiro atoms. The number of carbonyl (C=O) groups excluding carboxylic acids is 1. The van der Waals surface area contributed by atoms with Crippen molar-refractivity contribution in [1.29, 1.82) is 0 Å². The van der Waals surface area contributed by atoms with Gasteiger partial charge in [-0.15, -0.1) is 0 Å². The third kappa shape index (κ3) is 5.10. The average Bonchev–Trinajstić information content (AvgIpc) is 3.00. The fraction of sp³-hybridized carbons (Fsp3) is 0.542. The summed E-state index contributed by atoms with van der Waals surface area (Å²) in [5.41, 5.74) is 3.51. The molecule has 0 saturated carbocycles. The number of benzene rings is 1. The second-order valence-corrected chi connectivity index (χ2v) is 8.22. The van der Waals surface area contributed by atoms with Crippen molar-refractivity contribution in [1.82, 2.24) is 14.9 Å². The van der Waals surface area contributed by atoms with E-state index in [0.717, 1.165) is 68.5 Å². The van der Waals surface area contributed by atoms with Gasteiger partial charge >= 0.3 is 0 Å². The fourth-order valence-corrected chi connectivity index (χ4v) is 4.04. The van der Waals surface area contributed by atoms with Gasteiger partial charge in [-0.3, -0.25) is 4.79 Å². The molecule has 1 saturated heterocycles. The number of hydrogen-bond acceptors (Lipinski definition) is 5. The molecule has 6 nitrogen and oxygen atoms in total. The minimum atomic E-state index is 0.0372. The fourth-order valence-electron chi connectivity index (χ4n) is 4.04. The van der Waals surface area contributed by atoms with Gasteiger partial charge in [0, 0.05) is 49.8 Å². The number of ether oxygens (including phenoxy) is 1. The number of carbonyl (C=O) groups is 1. The quantitative estimate of drug-likeness (QED) is 0.728. The van der Waals surface area contributed by atoms with Crippen LogP contribution in [0.2, 0.25) is 0 Å². The van der Waals surface area contributed by atoms with E-state index in [1.165, 1.54) is 11.1 Å². The predicted octanol–water partition coefficient (Wildman–Crippen LogP) is 3.64. The molecule has 0 bridgehead atoms. The molecular formula is C24H34N4O2. The highest BCUT2D eigenvalue weighted by molar-refractivity contribution is 5.78. The first-order chi connectivity index (χ1) is 14.4. The van der Waals surface area contributed by atoms with Crippen molar-refractivity contribution in [3.8, 4) is 5.75 Å². The summed E-state index contributed by atoms with van der Waals surface area (Å²) < 4.78 is 5.29. The highest BCUT2D eigenvalue weighted by Crippen LogP contribution is 2.27. The molecule has 1 amide bonds. The molecular weight excluding hydrogens is 376 g/mol. The lowest BCUT2D eigenvalue weighted by molar-refractivity contribution is -0.134. The number of nitrogens with zero attached hydrogens (tertiary/aromatic N) is 4. The van der Waals surface area contributed by atoms with Gasteiger partial charge in [0.2, 0.25) is 5.91 Å². The number of aryl methyl sites for hydroxylation is 2. The van der Waals surface area contributed by atoms with Crippen molar-refractivity contribution in [2.75, 3.05) is 38.2 Å². The standard InChI is InChI=1S/C24H34N4O2/c1-6-22-21(16-19-8-10-20(30-5)11-9-19)23(26-18(4)25-22)27-12-7-13-28(15-14-27)24(29)17(2)3/h8-11,17H,6-7,12-16H2,1-5H3. The molecule has 0 N–H and O–H groups in total. The van der Waals surface area contributed by atoms with Gasteiger partial charge < -0.3 is 14.5 Å². The third-order valence-corrected chi connectivity index (χ3v) is 5.66. The average molecular weight is 411 g/mol. The molecule has 0 atom stereocenters. The van der Waals surface area contributed by atoms with Crippen molar-refractivity contribution in [3.63, 3.8) is 0 Å². The van der Waals surface area contributed by atoms with Crippen LogP contribution < -0.4 is 9.64 Å². The van der Waals surface area contributed by atoms with E-state index in [1.54, 1.807) is 7.11 Å². The Balaban J connectivity index is 1.89. The van der Waals surface area contributed by atoms with E-state index >= 15 is 0 Å². The van der Waals surface area contributed by atoms with Gasteiger partial charge in [0.25, 0.3) is 0 Å². The van der Waals surface area contributed by atoms with Crippen LogP contribution in [-0.2, 0) is 17.6 Å². The summed E-state index contributed by atoms with van der Waals surface area (Å²) in [5, 5.41) is 0. The third-order valence-electron chi connectivity index (χ3n) is 5.66. The first kappa shape index (κ1) is 22.1. The minimum absolute atomic E-state index is 0.0372. The molecule has 1 aromatic heterocycles. The first-order valence-corrected chi connectivity index (χ1v) is 11.0. The second kappa shape index (κ2) is 9.92. The molecule has 0 unspecified atom stereocenters. The molecule has 1 aliphatic heterocycles. The van der Waals surface area contributed by atoms with E-state index in [1.807, 2.05) is 37.8 Å². The Hall–Kier alpha value is -2.63. The number of anilines is 1. The molecule has 3 rings (SSSR count).